The van der Waals surface area contributed by atoms with Crippen LogP contribution in [0, 0.1) is 12.7 Å². The van der Waals surface area contributed by atoms with Crippen molar-refractivity contribution < 1.29 is 43.8 Å². The number of hydrogen-bond donors (Lipinski definition) is 3. The van der Waals surface area contributed by atoms with Gasteiger partial charge in [0, 0.05) is 20.5 Å². The minimum absolute atomic E-state index is 0. The molecule has 3 aromatic rings. The number of aromatic nitrogens is 4. The van der Waals surface area contributed by atoms with Gasteiger partial charge >= 0.3 is 30.7 Å². The Kier molecular flexibility index (Phi) is 7.79. The van der Waals surface area contributed by atoms with E-state index in [2.05, 4.69) is 25.8 Å². The van der Waals surface area contributed by atoms with Gasteiger partial charge in [0.15, 0.2) is 5.69 Å². The number of halogens is 1. The zero-order chi connectivity index (χ0) is 23.6. The van der Waals surface area contributed by atoms with Crippen LogP contribution in [-0.4, -0.2) is 36.7 Å². The minimum Gasteiger partial charge on any atom is -1.00 e. The number of carbonyl (C=O) groups is 2. The first-order valence-electron chi connectivity index (χ1n) is 9.45. The monoisotopic (exact) mass is 452 g/mol. The molecule has 0 saturated carbocycles. The quantitative estimate of drug-likeness (QED) is 0.364. The molecule has 0 saturated heterocycles. The number of nitrogens with one attached hydrogen (secondary N) is 2. The zero-order valence-corrected chi connectivity index (χ0v) is 18.8. The molecule has 33 heavy (non-hydrogen) atoms. The van der Waals surface area contributed by atoms with Crippen molar-refractivity contribution in [3.63, 3.8) is 0 Å². The molecular weight excluding hydrogens is 430 g/mol. The van der Waals surface area contributed by atoms with Crippen LogP contribution in [0.15, 0.2) is 33.5 Å². The van der Waals surface area contributed by atoms with E-state index >= 15 is 0 Å². The Hall–Kier alpha value is -3.49. The molecule has 0 spiro atoms. The average molecular weight is 452 g/mol. The Morgan fingerprint density at radius 3 is 2.42 bits per heavy atom. The molecule has 0 aliphatic rings. The summed E-state index contributed by atoms with van der Waals surface area (Å²) in [6, 6.07) is 5.44. The second-order valence-electron chi connectivity index (χ2n) is 7.51. The fourth-order valence-electron chi connectivity index (χ4n) is 2.96. The fraction of sp³-hybridized carbons (Fsp3) is 0.300. The summed E-state index contributed by atoms with van der Waals surface area (Å²) >= 11 is 0. The van der Waals surface area contributed by atoms with Gasteiger partial charge in [-0.1, -0.05) is 12.1 Å². The summed E-state index contributed by atoms with van der Waals surface area (Å²) in [7, 11) is 1.34. The van der Waals surface area contributed by atoms with Crippen LogP contribution < -0.4 is 35.1 Å². The summed E-state index contributed by atoms with van der Waals surface area (Å²) in [5.41, 5.74) is -2.06. The molecule has 1 aromatic carbocycles. The predicted molar refractivity (Wildman–Crippen MR) is 109 cm³/mol. The van der Waals surface area contributed by atoms with Crippen LogP contribution in [0.25, 0.3) is 0 Å². The molecule has 0 fully saturated rings. The maximum absolute atomic E-state index is 13.0. The maximum atomic E-state index is 13.0. The summed E-state index contributed by atoms with van der Waals surface area (Å²) in [6.45, 7) is 4.64. The topological polar surface area (TPSA) is 152 Å². The maximum Gasteiger partial charge on any atom is 1.00 e. The van der Waals surface area contributed by atoms with E-state index in [-0.39, 0.29) is 44.4 Å². The van der Waals surface area contributed by atoms with E-state index in [1.54, 1.807) is 13.8 Å². The van der Waals surface area contributed by atoms with Crippen molar-refractivity contribution >= 4 is 11.8 Å². The van der Waals surface area contributed by atoms with Crippen LogP contribution in [0.2, 0.25) is 0 Å². The van der Waals surface area contributed by atoms with Crippen LogP contribution in [0.5, 0.6) is 5.75 Å². The zero-order valence-electron chi connectivity index (χ0n) is 19.8. The Morgan fingerprint density at radius 2 is 1.85 bits per heavy atom. The van der Waals surface area contributed by atoms with Crippen molar-refractivity contribution in [3.05, 3.63) is 69.3 Å². The number of aromatic hydroxyl groups is 1. The molecule has 0 aliphatic carbocycles. The Bertz CT molecular complexity index is 1250. The van der Waals surface area contributed by atoms with Gasteiger partial charge in [-0.2, -0.15) is 0 Å². The van der Waals surface area contributed by atoms with E-state index < -0.39 is 40.2 Å². The van der Waals surface area contributed by atoms with Crippen LogP contribution in [0.4, 0.5) is 4.39 Å². The molecule has 2 aromatic heterocycles. The number of rotatable bonds is 6. The molecule has 2 heterocycles. The molecular formula is C20H22FLiN6O5. The van der Waals surface area contributed by atoms with Crippen LogP contribution in [-0.2, 0) is 19.1 Å². The number of hydrogen-bond acceptors (Lipinski definition) is 8. The van der Waals surface area contributed by atoms with E-state index in [1.807, 2.05) is 0 Å². The smallest absolute Gasteiger partial charge is 1.00 e. The summed E-state index contributed by atoms with van der Waals surface area (Å²) < 4.78 is 19.1. The SMILES string of the molecule is Cc1nnc(C(=O)NC(C)(C)c2nc(C(=O)NCc3ccc(F)cc3)c(O)c(=O)n2C)o1.[H-].[Li+]. The van der Waals surface area contributed by atoms with Gasteiger partial charge in [0.1, 0.15) is 11.6 Å². The molecule has 0 radical (unpaired) electrons. The Morgan fingerprint density at radius 1 is 1.21 bits per heavy atom. The molecule has 3 rings (SSSR count). The molecule has 13 heteroatoms. The molecule has 3 N–H and O–H groups in total. The van der Waals surface area contributed by atoms with E-state index in [4.69, 9.17) is 4.42 Å². The van der Waals surface area contributed by atoms with E-state index in [0.717, 1.165) is 4.57 Å². The molecule has 170 valence electrons. The predicted octanol–water partition coefficient (Wildman–Crippen LogP) is -1.97. The van der Waals surface area contributed by atoms with Crippen LogP contribution in [0.1, 0.15) is 53.7 Å². The molecule has 0 atom stereocenters. The molecule has 11 nitrogen and oxygen atoms in total. The van der Waals surface area contributed by atoms with Crippen molar-refractivity contribution in [3.8, 4) is 5.75 Å². The first-order valence-corrected chi connectivity index (χ1v) is 9.45. The summed E-state index contributed by atoms with van der Waals surface area (Å²) in [5, 5.41) is 22.6. The van der Waals surface area contributed by atoms with Crippen molar-refractivity contribution in [2.24, 2.45) is 7.05 Å². The Labute approximate surface area is 201 Å². The summed E-state index contributed by atoms with van der Waals surface area (Å²) in [5.74, 6) is -2.88. The second-order valence-corrected chi connectivity index (χ2v) is 7.51. The van der Waals surface area contributed by atoms with E-state index in [9.17, 15) is 23.9 Å². The van der Waals surface area contributed by atoms with Gasteiger partial charge in [-0.05, 0) is 31.5 Å². The Balaban J connectivity index is 0.00000289. The molecule has 2 amide bonds. The minimum atomic E-state index is -1.27. The summed E-state index contributed by atoms with van der Waals surface area (Å²) in [4.78, 5) is 41.7. The van der Waals surface area contributed by atoms with Gasteiger partial charge < -0.3 is 21.6 Å². The second kappa shape index (κ2) is 9.97. The first kappa shape index (κ1) is 25.8. The number of nitrogens with zero attached hydrogens (tertiary/aromatic N) is 4. The van der Waals surface area contributed by atoms with Gasteiger partial charge in [-0.15, -0.1) is 10.2 Å². The molecule has 0 unspecified atom stereocenters. The largest absolute Gasteiger partial charge is 1.00 e. The van der Waals surface area contributed by atoms with Crippen LogP contribution in [0.3, 0.4) is 0 Å². The molecule has 0 bridgehead atoms. The standard InChI is InChI=1S/C20H21FN6O5.Li.H/c1-10-25-26-17(32-10)16(30)24-20(2,3)19-23-13(14(28)18(31)27(19)4)15(29)22-9-11-5-7-12(21)8-6-11;;/h5-8,28H,9H2,1-4H3,(H,22,29)(H,24,30);;/q;+1;-1. The van der Waals surface area contributed by atoms with E-state index in [0.29, 0.717) is 5.56 Å². The van der Waals surface area contributed by atoms with Gasteiger partial charge in [0.05, 0.1) is 5.54 Å². The van der Waals surface area contributed by atoms with Gasteiger partial charge in [-0.25, -0.2) is 9.37 Å². The van der Waals surface area contributed by atoms with Crippen molar-refractivity contribution in [2.75, 3.05) is 0 Å². The van der Waals surface area contributed by atoms with Crippen molar-refractivity contribution in [1.82, 2.24) is 30.4 Å². The third-order valence-electron chi connectivity index (χ3n) is 4.55. The van der Waals surface area contributed by atoms with Crippen molar-refractivity contribution in [2.45, 2.75) is 32.9 Å². The number of carbonyl (C=O) groups excluding carboxylic acids is 2. The number of amides is 2. The molecule has 0 aliphatic heterocycles. The van der Waals surface area contributed by atoms with Gasteiger partial charge in [-0.3, -0.25) is 19.0 Å². The van der Waals surface area contributed by atoms with E-state index in [1.165, 1.54) is 38.2 Å². The van der Waals surface area contributed by atoms with Crippen molar-refractivity contribution in [1.29, 1.82) is 0 Å². The normalized spacial score (nSPS) is 10.9. The third-order valence-corrected chi connectivity index (χ3v) is 4.55. The number of aryl methyl sites for hydroxylation is 1. The van der Waals surface area contributed by atoms with Gasteiger partial charge in [0.2, 0.25) is 11.6 Å². The van der Waals surface area contributed by atoms with Crippen LogP contribution >= 0.6 is 0 Å². The third kappa shape index (κ3) is 5.66. The summed E-state index contributed by atoms with van der Waals surface area (Å²) in [6.07, 6.45) is 0. The first-order chi connectivity index (χ1) is 15.0. The fourth-order valence-corrected chi connectivity index (χ4v) is 2.96. The number of benzene rings is 1. The van der Waals surface area contributed by atoms with Gasteiger partial charge in [0.25, 0.3) is 11.5 Å². The average Bonchev–Trinajstić information content (AvgIpc) is 3.17.